The molecule has 0 heterocycles. The monoisotopic (exact) mass is 190 g/mol. The van der Waals surface area contributed by atoms with E-state index in [1.54, 1.807) is 5.57 Å². The summed E-state index contributed by atoms with van der Waals surface area (Å²) >= 11 is 0. The third kappa shape index (κ3) is 0.701. The van der Waals surface area contributed by atoms with Crippen molar-refractivity contribution in [1.82, 2.24) is 0 Å². The molecule has 1 heteroatoms. The summed E-state index contributed by atoms with van der Waals surface area (Å²) in [4.78, 5) is 0. The number of hydrogen-bond acceptors (Lipinski definition) is 1. The van der Waals surface area contributed by atoms with Gasteiger partial charge in [0.05, 0.1) is 6.10 Å². The van der Waals surface area contributed by atoms with Crippen LogP contribution in [-0.2, 0) is 0 Å². The van der Waals surface area contributed by atoms with Crippen LogP contribution in [0.1, 0.15) is 25.7 Å². The molecule has 4 rings (SSSR count). The second kappa shape index (κ2) is 2.27. The van der Waals surface area contributed by atoms with Crippen LogP contribution >= 0.6 is 0 Å². The zero-order valence-electron chi connectivity index (χ0n) is 8.52. The summed E-state index contributed by atoms with van der Waals surface area (Å²) in [7, 11) is 0. The number of aliphatic hydroxyl groups excluding tert-OH is 1. The second-order valence-electron chi connectivity index (χ2n) is 6.08. The molecular formula is C13H18O. The average Bonchev–Trinajstić information content (AvgIpc) is 2.78. The minimum atomic E-state index is 0.0499. The lowest BCUT2D eigenvalue weighted by Crippen LogP contribution is -2.35. The molecule has 14 heavy (non-hydrogen) atoms. The Labute approximate surface area is 85.2 Å². The zero-order chi connectivity index (χ0) is 9.45. The predicted molar refractivity (Wildman–Crippen MR) is 54.6 cm³/mol. The van der Waals surface area contributed by atoms with E-state index in [4.69, 9.17) is 0 Å². The molecule has 7 atom stereocenters. The Morgan fingerprint density at radius 1 is 1.07 bits per heavy atom. The van der Waals surface area contributed by atoms with Gasteiger partial charge in [0.1, 0.15) is 0 Å². The molecule has 76 valence electrons. The van der Waals surface area contributed by atoms with Gasteiger partial charge in [-0.2, -0.15) is 0 Å². The fraction of sp³-hybridized carbons (Fsp3) is 0.846. The topological polar surface area (TPSA) is 20.2 Å². The van der Waals surface area contributed by atoms with Crippen molar-refractivity contribution in [3.63, 3.8) is 0 Å². The lowest BCUT2D eigenvalue weighted by molar-refractivity contribution is 0.0376. The Morgan fingerprint density at radius 2 is 1.93 bits per heavy atom. The fourth-order valence-corrected chi connectivity index (χ4v) is 5.46. The number of hydrogen-bond donors (Lipinski definition) is 1. The summed E-state index contributed by atoms with van der Waals surface area (Å²) in [6, 6.07) is 0. The summed E-state index contributed by atoms with van der Waals surface area (Å²) < 4.78 is 0. The van der Waals surface area contributed by atoms with E-state index in [9.17, 15) is 5.11 Å². The number of allylic oxidation sites excluding steroid dienone is 1. The van der Waals surface area contributed by atoms with Crippen LogP contribution in [0, 0.1) is 35.5 Å². The highest BCUT2D eigenvalue weighted by atomic mass is 16.3. The van der Waals surface area contributed by atoms with Crippen LogP contribution < -0.4 is 0 Å². The highest BCUT2D eigenvalue weighted by molar-refractivity contribution is 5.23. The maximum atomic E-state index is 9.94. The maximum Gasteiger partial charge on any atom is 0.0574 e. The van der Waals surface area contributed by atoms with Gasteiger partial charge in [0.2, 0.25) is 0 Å². The van der Waals surface area contributed by atoms with Crippen LogP contribution in [0.25, 0.3) is 0 Å². The third-order valence-corrected chi connectivity index (χ3v) is 5.71. The largest absolute Gasteiger partial charge is 0.393 e. The van der Waals surface area contributed by atoms with Gasteiger partial charge in [-0.15, -0.1) is 0 Å². The van der Waals surface area contributed by atoms with Gasteiger partial charge >= 0.3 is 0 Å². The van der Waals surface area contributed by atoms with E-state index in [1.807, 2.05) is 0 Å². The maximum absolute atomic E-state index is 9.94. The Kier molecular flexibility index (Phi) is 1.28. The van der Waals surface area contributed by atoms with Gasteiger partial charge in [-0.3, -0.25) is 0 Å². The lowest BCUT2D eigenvalue weighted by Gasteiger charge is -2.37. The van der Waals surface area contributed by atoms with E-state index in [-0.39, 0.29) is 6.10 Å². The van der Waals surface area contributed by atoms with Crippen molar-refractivity contribution in [2.45, 2.75) is 31.8 Å². The van der Waals surface area contributed by atoms with Crippen molar-refractivity contribution >= 4 is 0 Å². The van der Waals surface area contributed by atoms with E-state index in [0.717, 1.165) is 36.0 Å². The van der Waals surface area contributed by atoms with Gasteiger partial charge in [-0.25, -0.2) is 0 Å². The SMILES string of the molecule is C=C1CC2CC1C1C3CC(O)C(C3)C21. The minimum Gasteiger partial charge on any atom is -0.393 e. The van der Waals surface area contributed by atoms with Gasteiger partial charge in [0, 0.05) is 0 Å². The molecule has 0 amide bonds. The Hall–Kier alpha value is -0.300. The Balaban J connectivity index is 1.75. The zero-order valence-corrected chi connectivity index (χ0v) is 8.52. The second-order valence-corrected chi connectivity index (χ2v) is 6.08. The van der Waals surface area contributed by atoms with Crippen LogP contribution in [0.15, 0.2) is 12.2 Å². The molecule has 0 spiro atoms. The van der Waals surface area contributed by atoms with Crippen LogP contribution in [0.4, 0.5) is 0 Å². The molecule has 4 bridgehead atoms. The Bertz CT molecular complexity index is 308. The van der Waals surface area contributed by atoms with E-state index in [1.165, 1.54) is 19.3 Å². The van der Waals surface area contributed by atoms with Crippen LogP contribution in [0.2, 0.25) is 0 Å². The minimum absolute atomic E-state index is 0.0499. The molecule has 7 unspecified atom stereocenters. The molecule has 4 saturated carbocycles. The summed E-state index contributed by atoms with van der Waals surface area (Å²) in [6.07, 6.45) is 5.17. The first-order chi connectivity index (χ1) is 6.75. The van der Waals surface area contributed by atoms with Gasteiger partial charge in [-0.1, -0.05) is 12.2 Å². The normalized spacial score (nSPS) is 63.8. The quantitative estimate of drug-likeness (QED) is 0.458. The van der Waals surface area contributed by atoms with Crippen molar-refractivity contribution in [2.75, 3.05) is 0 Å². The van der Waals surface area contributed by atoms with Gasteiger partial charge in [0.25, 0.3) is 0 Å². The van der Waals surface area contributed by atoms with E-state index < -0.39 is 0 Å². The van der Waals surface area contributed by atoms with Crippen molar-refractivity contribution in [3.05, 3.63) is 12.2 Å². The molecule has 0 aliphatic heterocycles. The average molecular weight is 190 g/mol. The molecule has 1 nitrogen and oxygen atoms in total. The first-order valence-electron chi connectivity index (χ1n) is 6.11. The van der Waals surface area contributed by atoms with Crippen LogP contribution in [-0.4, -0.2) is 11.2 Å². The highest BCUT2D eigenvalue weighted by Crippen LogP contribution is 2.68. The van der Waals surface area contributed by atoms with Gasteiger partial charge in [-0.05, 0) is 61.2 Å². The van der Waals surface area contributed by atoms with E-state index >= 15 is 0 Å². The first-order valence-corrected chi connectivity index (χ1v) is 6.11. The molecule has 4 aliphatic rings. The molecule has 4 fully saturated rings. The number of aliphatic hydroxyl groups is 1. The van der Waals surface area contributed by atoms with E-state index in [0.29, 0.717) is 5.92 Å². The summed E-state index contributed by atoms with van der Waals surface area (Å²) in [6.45, 7) is 4.24. The molecule has 0 aromatic rings. The number of fused-ring (bicyclic) bond motifs is 9. The molecule has 0 saturated heterocycles. The smallest absolute Gasteiger partial charge is 0.0574 e. The van der Waals surface area contributed by atoms with E-state index in [2.05, 4.69) is 6.58 Å². The van der Waals surface area contributed by atoms with Crippen molar-refractivity contribution < 1.29 is 5.11 Å². The van der Waals surface area contributed by atoms with Gasteiger partial charge in [0.15, 0.2) is 0 Å². The summed E-state index contributed by atoms with van der Waals surface area (Å²) in [5, 5.41) is 9.94. The van der Waals surface area contributed by atoms with Crippen LogP contribution in [0.3, 0.4) is 0 Å². The van der Waals surface area contributed by atoms with Crippen molar-refractivity contribution in [1.29, 1.82) is 0 Å². The fourth-order valence-electron chi connectivity index (χ4n) is 5.46. The Morgan fingerprint density at radius 3 is 2.79 bits per heavy atom. The predicted octanol–water partition coefficient (Wildman–Crippen LogP) is 2.22. The first kappa shape index (κ1) is 7.92. The summed E-state index contributed by atoms with van der Waals surface area (Å²) in [5.74, 6) is 5.11. The van der Waals surface area contributed by atoms with Crippen molar-refractivity contribution in [3.8, 4) is 0 Å². The molecule has 0 aromatic heterocycles. The molecule has 0 radical (unpaired) electrons. The van der Waals surface area contributed by atoms with Crippen LogP contribution in [0.5, 0.6) is 0 Å². The summed E-state index contributed by atoms with van der Waals surface area (Å²) in [5.41, 5.74) is 1.54. The van der Waals surface area contributed by atoms with Gasteiger partial charge < -0.3 is 5.11 Å². The lowest BCUT2D eigenvalue weighted by atomic mass is 9.69. The highest BCUT2D eigenvalue weighted by Gasteiger charge is 2.62. The molecule has 4 aliphatic carbocycles. The standard InChI is InChI=1S/C13H18O/c1-6-2-7-3-9(6)12-8-4-10(13(7)12)11(14)5-8/h7-14H,1-5H2. The third-order valence-electron chi connectivity index (χ3n) is 5.71. The number of rotatable bonds is 0. The van der Waals surface area contributed by atoms with Crippen molar-refractivity contribution in [2.24, 2.45) is 35.5 Å². The molecule has 0 aromatic carbocycles. The molecule has 1 N–H and O–H groups in total. The molecular weight excluding hydrogens is 172 g/mol.